The number of nitro groups is 1. The molecule has 9 nitrogen and oxygen atoms in total. The summed E-state index contributed by atoms with van der Waals surface area (Å²) in [6, 6.07) is 11.7. The van der Waals surface area contributed by atoms with Gasteiger partial charge in [0.2, 0.25) is 0 Å². The number of methoxy groups -OCH3 is 1. The van der Waals surface area contributed by atoms with Crippen molar-refractivity contribution in [3.63, 3.8) is 0 Å². The van der Waals surface area contributed by atoms with Crippen molar-refractivity contribution in [1.29, 1.82) is 0 Å². The van der Waals surface area contributed by atoms with Crippen LogP contribution in [0.2, 0.25) is 0 Å². The van der Waals surface area contributed by atoms with Crippen LogP contribution in [0.1, 0.15) is 22.0 Å². The summed E-state index contributed by atoms with van der Waals surface area (Å²) in [5.41, 5.74) is 6.59. The van der Waals surface area contributed by atoms with Crippen molar-refractivity contribution in [1.82, 2.24) is 10.2 Å². The Kier molecular flexibility index (Phi) is 6.63. The van der Waals surface area contributed by atoms with Crippen LogP contribution in [0.5, 0.6) is 5.75 Å². The van der Waals surface area contributed by atoms with Gasteiger partial charge in [0.15, 0.2) is 0 Å². The number of carbonyl (C=O) groups excluding carboxylic acids is 1. The fourth-order valence-electron chi connectivity index (χ4n) is 3.31. The number of rotatable bonds is 7. The molecule has 2 aromatic rings. The minimum absolute atomic E-state index is 0.0241. The molecule has 0 radical (unpaired) electrons. The average Bonchev–Trinajstić information content (AvgIpc) is 2.75. The zero-order valence-electron chi connectivity index (χ0n) is 16.2. The van der Waals surface area contributed by atoms with Gasteiger partial charge >= 0.3 is 0 Å². The first-order valence-corrected chi connectivity index (χ1v) is 9.27. The lowest BCUT2D eigenvalue weighted by Crippen LogP contribution is -2.43. The van der Waals surface area contributed by atoms with Gasteiger partial charge in [-0.1, -0.05) is 12.1 Å². The maximum Gasteiger partial charge on any atom is 0.292 e. The number of benzene rings is 2. The van der Waals surface area contributed by atoms with Crippen LogP contribution in [-0.2, 0) is 4.74 Å². The summed E-state index contributed by atoms with van der Waals surface area (Å²) in [6.45, 7) is 3.11. The van der Waals surface area contributed by atoms with Gasteiger partial charge in [-0.2, -0.15) is 0 Å². The Labute approximate surface area is 168 Å². The lowest BCUT2D eigenvalue weighted by atomic mass is 10.0. The number of ether oxygens (including phenoxy) is 2. The number of nitrogen functional groups attached to an aromatic ring is 1. The first-order chi connectivity index (χ1) is 14.0. The predicted octanol–water partition coefficient (Wildman–Crippen LogP) is 1.99. The van der Waals surface area contributed by atoms with E-state index in [4.69, 9.17) is 15.2 Å². The van der Waals surface area contributed by atoms with E-state index in [1.807, 2.05) is 24.3 Å². The van der Waals surface area contributed by atoms with Crippen LogP contribution in [0.15, 0.2) is 42.5 Å². The fourth-order valence-corrected chi connectivity index (χ4v) is 3.31. The molecule has 1 fully saturated rings. The first kappa shape index (κ1) is 20.6. The monoisotopic (exact) mass is 400 g/mol. The number of nitro benzene ring substituents is 1. The second-order valence-corrected chi connectivity index (χ2v) is 6.68. The van der Waals surface area contributed by atoms with E-state index in [1.54, 1.807) is 7.11 Å². The summed E-state index contributed by atoms with van der Waals surface area (Å²) in [5.74, 6) is 0.368. The SMILES string of the molecule is COc1ccc(C(CNC(=O)c2ccc(N)c([N+](=O)[O-])c2)N2CCOCC2)cc1. The number of anilines is 1. The van der Waals surface area contributed by atoms with E-state index in [0.717, 1.165) is 24.4 Å². The summed E-state index contributed by atoms with van der Waals surface area (Å²) in [5, 5.41) is 14.0. The van der Waals surface area contributed by atoms with Crippen molar-refractivity contribution in [2.24, 2.45) is 0 Å². The number of amides is 1. The number of carbonyl (C=O) groups is 1. The molecule has 29 heavy (non-hydrogen) atoms. The molecule has 1 saturated heterocycles. The van der Waals surface area contributed by atoms with Crippen LogP contribution >= 0.6 is 0 Å². The van der Waals surface area contributed by atoms with Gasteiger partial charge in [0.25, 0.3) is 11.6 Å². The van der Waals surface area contributed by atoms with Gasteiger partial charge < -0.3 is 20.5 Å². The Hall–Kier alpha value is -3.17. The molecular formula is C20H24N4O5. The predicted molar refractivity (Wildman–Crippen MR) is 108 cm³/mol. The summed E-state index contributed by atoms with van der Waals surface area (Å²) < 4.78 is 10.7. The molecule has 1 aliphatic rings. The Morgan fingerprint density at radius 3 is 2.59 bits per heavy atom. The lowest BCUT2D eigenvalue weighted by molar-refractivity contribution is -0.383. The maximum absolute atomic E-state index is 12.6. The maximum atomic E-state index is 12.6. The van der Waals surface area contributed by atoms with Gasteiger partial charge in [-0.25, -0.2) is 0 Å². The van der Waals surface area contributed by atoms with E-state index in [2.05, 4.69) is 10.2 Å². The first-order valence-electron chi connectivity index (χ1n) is 9.27. The van der Waals surface area contributed by atoms with Crippen molar-refractivity contribution in [2.75, 3.05) is 45.7 Å². The van der Waals surface area contributed by atoms with E-state index in [-0.39, 0.29) is 28.9 Å². The molecule has 0 bridgehead atoms. The molecule has 3 rings (SSSR count). The molecule has 0 saturated carbocycles. The Morgan fingerprint density at radius 1 is 1.28 bits per heavy atom. The number of morpholine rings is 1. The molecule has 3 N–H and O–H groups in total. The summed E-state index contributed by atoms with van der Waals surface area (Å²) >= 11 is 0. The van der Waals surface area contributed by atoms with Crippen LogP contribution < -0.4 is 15.8 Å². The second kappa shape index (κ2) is 9.35. The summed E-state index contributed by atoms with van der Waals surface area (Å²) in [7, 11) is 1.61. The van der Waals surface area contributed by atoms with Crippen LogP contribution in [0.4, 0.5) is 11.4 Å². The van der Waals surface area contributed by atoms with E-state index < -0.39 is 4.92 Å². The van der Waals surface area contributed by atoms with Gasteiger partial charge in [0.1, 0.15) is 11.4 Å². The van der Waals surface area contributed by atoms with Gasteiger partial charge in [0, 0.05) is 31.3 Å². The van der Waals surface area contributed by atoms with Crippen molar-refractivity contribution in [2.45, 2.75) is 6.04 Å². The Balaban J connectivity index is 1.76. The number of nitrogens with zero attached hydrogens (tertiary/aromatic N) is 2. The molecule has 9 heteroatoms. The zero-order valence-corrected chi connectivity index (χ0v) is 16.2. The average molecular weight is 400 g/mol. The third-order valence-corrected chi connectivity index (χ3v) is 4.93. The summed E-state index contributed by atoms with van der Waals surface area (Å²) in [4.78, 5) is 25.3. The van der Waals surface area contributed by atoms with Crippen molar-refractivity contribution in [3.8, 4) is 5.75 Å². The van der Waals surface area contributed by atoms with E-state index >= 15 is 0 Å². The smallest absolute Gasteiger partial charge is 0.292 e. The van der Waals surface area contributed by atoms with Crippen molar-refractivity contribution < 1.29 is 19.2 Å². The van der Waals surface area contributed by atoms with E-state index in [1.165, 1.54) is 18.2 Å². The molecule has 1 heterocycles. The number of nitrogens with two attached hydrogens (primary N) is 1. The topological polar surface area (TPSA) is 120 Å². The molecule has 1 atom stereocenters. The molecule has 154 valence electrons. The molecule has 0 aliphatic carbocycles. The summed E-state index contributed by atoms with van der Waals surface area (Å²) in [6.07, 6.45) is 0. The zero-order chi connectivity index (χ0) is 20.8. The highest BCUT2D eigenvalue weighted by Crippen LogP contribution is 2.25. The van der Waals surface area contributed by atoms with Gasteiger partial charge in [-0.05, 0) is 29.8 Å². The van der Waals surface area contributed by atoms with Gasteiger partial charge in [-0.3, -0.25) is 19.8 Å². The molecule has 1 unspecified atom stereocenters. The minimum atomic E-state index is -0.597. The standard InChI is InChI=1S/C20H24N4O5/c1-28-16-5-2-14(3-6-16)19(23-8-10-29-11-9-23)13-22-20(25)15-4-7-17(21)18(12-15)24(26)27/h2-7,12,19H,8-11,13,21H2,1H3,(H,22,25). The highest BCUT2D eigenvalue weighted by molar-refractivity contribution is 5.95. The quantitative estimate of drug-likeness (QED) is 0.414. The number of hydrogen-bond acceptors (Lipinski definition) is 7. The minimum Gasteiger partial charge on any atom is -0.497 e. The molecule has 1 amide bonds. The van der Waals surface area contributed by atoms with Crippen LogP contribution in [0, 0.1) is 10.1 Å². The second-order valence-electron chi connectivity index (χ2n) is 6.68. The van der Waals surface area contributed by atoms with Crippen molar-refractivity contribution >= 4 is 17.3 Å². The van der Waals surface area contributed by atoms with E-state index in [0.29, 0.717) is 19.8 Å². The van der Waals surface area contributed by atoms with Crippen LogP contribution in [0.25, 0.3) is 0 Å². The lowest BCUT2D eigenvalue weighted by Gasteiger charge is -2.35. The highest BCUT2D eigenvalue weighted by atomic mass is 16.6. The molecule has 1 aliphatic heterocycles. The molecule has 0 aromatic heterocycles. The fraction of sp³-hybridized carbons (Fsp3) is 0.350. The molecular weight excluding hydrogens is 376 g/mol. The molecule has 2 aromatic carbocycles. The largest absolute Gasteiger partial charge is 0.497 e. The number of hydrogen-bond donors (Lipinski definition) is 2. The Morgan fingerprint density at radius 2 is 1.97 bits per heavy atom. The number of nitrogens with one attached hydrogen (secondary N) is 1. The van der Waals surface area contributed by atoms with Gasteiger partial charge in [-0.15, -0.1) is 0 Å². The van der Waals surface area contributed by atoms with E-state index in [9.17, 15) is 14.9 Å². The van der Waals surface area contributed by atoms with Crippen molar-refractivity contribution in [3.05, 3.63) is 63.7 Å². The normalized spacial score (nSPS) is 15.5. The highest BCUT2D eigenvalue weighted by Gasteiger charge is 2.24. The third kappa shape index (κ3) is 5.01. The Bertz CT molecular complexity index is 866. The van der Waals surface area contributed by atoms with Crippen LogP contribution in [-0.4, -0.2) is 55.7 Å². The molecule has 0 spiro atoms. The third-order valence-electron chi connectivity index (χ3n) is 4.93. The van der Waals surface area contributed by atoms with Gasteiger partial charge in [0.05, 0.1) is 31.3 Å². The van der Waals surface area contributed by atoms with Crippen LogP contribution in [0.3, 0.4) is 0 Å².